The van der Waals surface area contributed by atoms with E-state index in [4.69, 9.17) is 11.6 Å². The Morgan fingerprint density at radius 2 is 2.00 bits per heavy atom. The second-order valence-corrected chi connectivity index (χ2v) is 11.0. The number of carbonyl (C=O) groups is 2. The monoisotopic (exact) mass is 505 g/mol. The molecule has 0 spiro atoms. The first-order valence-electron chi connectivity index (χ1n) is 12.0. The molecule has 0 aliphatic carbocycles. The molecular formula is C25H33ClFN5O3. The molecule has 0 radical (unpaired) electrons. The number of hydrogen-bond acceptors (Lipinski definition) is 5. The summed E-state index contributed by atoms with van der Waals surface area (Å²) >= 11 is 6.15. The van der Waals surface area contributed by atoms with Gasteiger partial charge in [-0.15, -0.1) is 0 Å². The zero-order chi connectivity index (χ0) is 25.5. The zero-order valence-corrected chi connectivity index (χ0v) is 21.4. The Kier molecular flexibility index (Phi) is 7.22. The second-order valence-electron chi connectivity index (χ2n) is 10.6. The standard InChI is InChI=1S/C25H33ClFN5O3/c1-25(2,3)21(24(35)31-11-8-16(33)13-31)29-23(34)20-19-14-30(4)9-5-10-32(19)22(28-20)17-12-15(26)6-7-18(17)27/h6-7,12,16,21,33H,5,8-11,13-14H2,1-4H3,(H,29,34)/t16?,21-/m1/s1. The first-order valence-corrected chi connectivity index (χ1v) is 12.3. The van der Waals surface area contributed by atoms with Crippen LogP contribution in [0.2, 0.25) is 5.02 Å². The molecule has 2 aliphatic rings. The van der Waals surface area contributed by atoms with Gasteiger partial charge in [-0.05, 0) is 50.0 Å². The fourth-order valence-electron chi connectivity index (χ4n) is 4.75. The van der Waals surface area contributed by atoms with E-state index in [2.05, 4.69) is 15.2 Å². The molecule has 1 fully saturated rings. The van der Waals surface area contributed by atoms with Gasteiger partial charge in [0.25, 0.3) is 5.91 Å². The number of β-amino-alcohol motifs (C(OH)–C–C–N with tert-alkyl or cyclic N) is 1. The van der Waals surface area contributed by atoms with Crippen molar-refractivity contribution in [2.75, 3.05) is 26.7 Å². The van der Waals surface area contributed by atoms with E-state index in [1.54, 1.807) is 4.90 Å². The van der Waals surface area contributed by atoms with Crippen LogP contribution in [-0.4, -0.2) is 75.1 Å². The van der Waals surface area contributed by atoms with E-state index < -0.39 is 29.3 Å². The number of fused-ring (bicyclic) bond motifs is 1. The Bertz CT molecular complexity index is 1130. The zero-order valence-electron chi connectivity index (χ0n) is 20.6. The van der Waals surface area contributed by atoms with Crippen LogP contribution in [-0.2, 0) is 17.9 Å². The van der Waals surface area contributed by atoms with Crippen molar-refractivity contribution in [1.82, 2.24) is 24.7 Å². The van der Waals surface area contributed by atoms with Gasteiger partial charge in [-0.3, -0.25) is 9.59 Å². The number of hydrogen-bond donors (Lipinski definition) is 2. The molecular weight excluding hydrogens is 473 g/mol. The summed E-state index contributed by atoms with van der Waals surface area (Å²) in [5, 5.41) is 13.2. The number of nitrogens with one attached hydrogen (secondary N) is 1. The molecule has 2 amide bonds. The molecule has 8 nitrogen and oxygen atoms in total. The highest BCUT2D eigenvalue weighted by atomic mass is 35.5. The van der Waals surface area contributed by atoms with Gasteiger partial charge < -0.3 is 24.8 Å². The van der Waals surface area contributed by atoms with Gasteiger partial charge in [0.1, 0.15) is 17.7 Å². The van der Waals surface area contributed by atoms with E-state index in [1.807, 2.05) is 32.4 Å². The predicted octanol–water partition coefficient (Wildman–Crippen LogP) is 2.92. The van der Waals surface area contributed by atoms with Crippen LogP contribution >= 0.6 is 11.6 Å². The Labute approximate surface area is 210 Å². The fourth-order valence-corrected chi connectivity index (χ4v) is 4.92. The van der Waals surface area contributed by atoms with Crippen molar-refractivity contribution < 1.29 is 19.1 Å². The number of aliphatic hydroxyl groups excluding tert-OH is 1. The summed E-state index contributed by atoms with van der Waals surface area (Å²) in [5.74, 6) is -0.833. The molecule has 4 rings (SSSR count). The maximum atomic E-state index is 14.8. The summed E-state index contributed by atoms with van der Waals surface area (Å²) in [4.78, 5) is 35.2. The van der Waals surface area contributed by atoms with Crippen molar-refractivity contribution >= 4 is 23.4 Å². The number of amides is 2. The summed E-state index contributed by atoms with van der Waals surface area (Å²) in [5.41, 5.74) is 0.511. The largest absolute Gasteiger partial charge is 0.391 e. The van der Waals surface area contributed by atoms with Crippen molar-refractivity contribution in [1.29, 1.82) is 0 Å². The molecule has 35 heavy (non-hydrogen) atoms. The van der Waals surface area contributed by atoms with Gasteiger partial charge in [-0.25, -0.2) is 9.37 Å². The number of aromatic nitrogens is 2. The summed E-state index contributed by atoms with van der Waals surface area (Å²) in [6.45, 7) is 8.22. The van der Waals surface area contributed by atoms with Crippen LogP contribution in [0.25, 0.3) is 11.4 Å². The first-order chi connectivity index (χ1) is 16.5. The van der Waals surface area contributed by atoms with Crippen LogP contribution in [0.1, 0.15) is 49.8 Å². The number of carbonyl (C=O) groups excluding carboxylic acids is 2. The summed E-state index contributed by atoms with van der Waals surface area (Å²) in [6, 6.07) is 3.47. The lowest BCUT2D eigenvalue weighted by molar-refractivity contribution is -0.135. The lowest BCUT2D eigenvalue weighted by Gasteiger charge is -2.33. The molecule has 2 aliphatic heterocycles. The molecule has 3 heterocycles. The third-order valence-electron chi connectivity index (χ3n) is 6.66. The molecule has 1 unspecified atom stereocenters. The number of rotatable bonds is 4. The maximum absolute atomic E-state index is 14.8. The average molecular weight is 506 g/mol. The summed E-state index contributed by atoms with van der Waals surface area (Å²) in [6.07, 6.45) is 0.785. The van der Waals surface area contributed by atoms with Crippen molar-refractivity contribution in [2.24, 2.45) is 5.41 Å². The number of aliphatic hydroxyl groups is 1. The van der Waals surface area contributed by atoms with E-state index in [-0.39, 0.29) is 23.7 Å². The van der Waals surface area contributed by atoms with Gasteiger partial charge in [0, 0.05) is 31.2 Å². The van der Waals surface area contributed by atoms with Crippen molar-refractivity contribution in [3.05, 3.63) is 40.4 Å². The van der Waals surface area contributed by atoms with Crippen LogP contribution in [0.4, 0.5) is 4.39 Å². The van der Waals surface area contributed by atoms with Crippen LogP contribution in [0.5, 0.6) is 0 Å². The predicted molar refractivity (Wildman–Crippen MR) is 131 cm³/mol. The Balaban J connectivity index is 1.72. The molecule has 2 N–H and O–H groups in total. The average Bonchev–Trinajstić information content (AvgIpc) is 3.31. The molecule has 1 aromatic carbocycles. The van der Waals surface area contributed by atoms with Crippen LogP contribution in [0, 0.1) is 11.2 Å². The SMILES string of the molecule is CN1CCCn2c(-c3cc(Cl)ccc3F)nc(C(=O)N[C@H](C(=O)N3CCC(O)C3)C(C)(C)C)c2C1. The van der Waals surface area contributed by atoms with Gasteiger partial charge in [0.05, 0.1) is 17.4 Å². The van der Waals surface area contributed by atoms with Crippen LogP contribution in [0.3, 0.4) is 0 Å². The van der Waals surface area contributed by atoms with E-state index in [0.29, 0.717) is 42.6 Å². The molecule has 0 bridgehead atoms. The smallest absolute Gasteiger partial charge is 0.272 e. The van der Waals surface area contributed by atoms with E-state index in [9.17, 15) is 19.1 Å². The third-order valence-corrected chi connectivity index (χ3v) is 6.90. The maximum Gasteiger partial charge on any atom is 0.272 e. The first kappa shape index (κ1) is 25.6. The molecule has 1 saturated heterocycles. The van der Waals surface area contributed by atoms with Gasteiger partial charge in [-0.2, -0.15) is 0 Å². The number of imidazole rings is 1. The summed E-state index contributed by atoms with van der Waals surface area (Å²) < 4.78 is 16.7. The lowest BCUT2D eigenvalue weighted by atomic mass is 9.85. The van der Waals surface area contributed by atoms with Gasteiger partial charge in [-0.1, -0.05) is 32.4 Å². The summed E-state index contributed by atoms with van der Waals surface area (Å²) in [7, 11) is 1.96. The number of halogens is 2. The third kappa shape index (κ3) is 5.37. The van der Waals surface area contributed by atoms with Crippen molar-refractivity contribution in [3.8, 4) is 11.4 Å². The lowest BCUT2D eigenvalue weighted by Crippen LogP contribution is -2.54. The molecule has 2 aromatic rings. The van der Waals surface area contributed by atoms with Crippen LogP contribution in [0.15, 0.2) is 18.2 Å². The molecule has 2 atom stereocenters. The normalized spacial score (nSPS) is 19.9. The van der Waals surface area contributed by atoms with Crippen molar-refractivity contribution in [3.63, 3.8) is 0 Å². The van der Waals surface area contributed by atoms with Gasteiger partial charge in [0.2, 0.25) is 5.91 Å². The highest BCUT2D eigenvalue weighted by molar-refractivity contribution is 6.30. The quantitative estimate of drug-likeness (QED) is 0.666. The highest BCUT2D eigenvalue weighted by Crippen LogP contribution is 2.30. The van der Waals surface area contributed by atoms with Gasteiger partial charge in [0.15, 0.2) is 5.69 Å². The Morgan fingerprint density at radius 3 is 2.66 bits per heavy atom. The van der Waals surface area contributed by atoms with E-state index >= 15 is 0 Å². The molecule has 10 heteroatoms. The van der Waals surface area contributed by atoms with E-state index in [1.165, 1.54) is 18.2 Å². The minimum absolute atomic E-state index is 0.177. The Hall–Kier alpha value is -2.49. The number of nitrogens with zero attached hydrogens (tertiary/aromatic N) is 4. The number of benzene rings is 1. The minimum Gasteiger partial charge on any atom is -0.391 e. The molecule has 0 saturated carbocycles. The number of likely N-dealkylation sites (tertiary alicyclic amines) is 1. The topological polar surface area (TPSA) is 90.7 Å². The van der Waals surface area contributed by atoms with Gasteiger partial charge >= 0.3 is 0 Å². The molecule has 1 aromatic heterocycles. The van der Waals surface area contributed by atoms with E-state index in [0.717, 1.165) is 13.0 Å². The second kappa shape index (κ2) is 9.87. The minimum atomic E-state index is -0.812. The highest BCUT2D eigenvalue weighted by Gasteiger charge is 2.39. The fraction of sp³-hybridized carbons (Fsp3) is 0.560. The van der Waals surface area contributed by atoms with Crippen molar-refractivity contribution in [2.45, 2.75) is 58.8 Å². The molecule has 190 valence electrons. The Morgan fingerprint density at radius 1 is 1.26 bits per heavy atom. The van der Waals surface area contributed by atoms with Crippen LogP contribution < -0.4 is 5.32 Å².